The summed E-state index contributed by atoms with van der Waals surface area (Å²) in [5.41, 5.74) is 8.18. The number of halogens is 2. The summed E-state index contributed by atoms with van der Waals surface area (Å²) in [7, 11) is 0. The number of allylic oxidation sites excluding steroid dienone is 2. The van der Waals surface area contributed by atoms with Gasteiger partial charge >= 0.3 is 0 Å². The van der Waals surface area contributed by atoms with Crippen molar-refractivity contribution in [2.75, 3.05) is 5.32 Å². The Morgan fingerprint density at radius 1 is 1.04 bits per heavy atom. The Labute approximate surface area is 165 Å². The maximum atomic E-state index is 12.4. The van der Waals surface area contributed by atoms with Crippen molar-refractivity contribution in [3.05, 3.63) is 69.5 Å². The van der Waals surface area contributed by atoms with E-state index in [2.05, 4.69) is 10.3 Å². The van der Waals surface area contributed by atoms with Crippen LogP contribution in [0.3, 0.4) is 0 Å². The molecule has 1 aliphatic carbocycles. The van der Waals surface area contributed by atoms with Crippen LogP contribution in [0.1, 0.15) is 6.92 Å². The minimum Gasteiger partial charge on any atom is -0.508 e. The highest BCUT2D eigenvalue weighted by Gasteiger charge is 2.24. The molecule has 138 valence electrons. The predicted molar refractivity (Wildman–Crippen MR) is 107 cm³/mol. The van der Waals surface area contributed by atoms with Gasteiger partial charge in [-0.1, -0.05) is 23.2 Å². The first kappa shape index (κ1) is 18.8. The maximum Gasteiger partial charge on any atom is 0.204 e. The number of hydrogen-bond acceptors (Lipinski definition) is 6. The summed E-state index contributed by atoms with van der Waals surface area (Å²) >= 11 is 12.2. The van der Waals surface area contributed by atoms with Crippen LogP contribution in [-0.4, -0.2) is 21.7 Å². The van der Waals surface area contributed by atoms with Crippen LogP contribution in [-0.2, 0) is 4.79 Å². The second kappa shape index (κ2) is 7.34. The van der Waals surface area contributed by atoms with Gasteiger partial charge in [0.1, 0.15) is 11.5 Å². The maximum absolute atomic E-state index is 12.4. The van der Waals surface area contributed by atoms with E-state index in [1.165, 1.54) is 30.3 Å². The number of carbonyl (C=O) groups is 1. The highest BCUT2D eigenvalue weighted by atomic mass is 35.5. The first-order valence-electron chi connectivity index (χ1n) is 7.82. The van der Waals surface area contributed by atoms with E-state index in [0.717, 1.165) is 0 Å². The highest BCUT2D eigenvalue weighted by Crippen LogP contribution is 2.32. The van der Waals surface area contributed by atoms with Gasteiger partial charge in [-0.25, -0.2) is 4.99 Å². The van der Waals surface area contributed by atoms with Crippen LogP contribution in [0.15, 0.2) is 64.4 Å². The number of nitrogens with one attached hydrogen (secondary N) is 1. The number of ketones is 1. The number of carbonyl (C=O) groups excluding carboxylic acids is 1. The number of aliphatic imine (C=N–C) groups is 1. The van der Waals surface area contributed by atoms with E-state index in [0.29, 0.717) is 22.7 Å². The van der Waals surface area contributed by atoms with E-state index < -0.39 is 0 Å². The third-order valence-corrected chi connectivity index (χ3v) is 4.53. The van der Waals surface area contributed by atoms with Crippen LogP contribution >= 0.6 is 23.2 Å². The van der Waals surface area contributed by atoms with Crippen LogP contribution in [0.25, 0.3) is 0 Å². The van der Waals surface area contributed by atoms with Crippen molar-refractivity contribution in [2.24, 2.45) is 10.7 Å². The van der Waals surface area contributed by atoms with Crippen molar-refractivity contribution in [1.82, 2.24) is 0 Å². The molecule has 2 aromatic rings. The first-order valence-corrected chi connectivity index (χ1v) is 8.57. The van der Waals surface area contributed by atoms with Crippen molar-refractivity contribution < 1.29 is 15.0 Å². The average Bonchev–Trinajstić information content (AvgIpc) is 2.58. The minimum absolute atomic E-state index is 0.0135. The summed E-state index contributed by atoms with van der Waals surface area (Å²) in [4.78, 5) is 16.9. The third kappa shape index (κ3) is 3.92. The van der Waals surface area contributed by atoms with Crippen LogP contribution in [0.5, 0.6) is 11.5 Å². The molecular formula is C19H15Cl2N3O3. The Balaban J connectivity index is 2.05. The Kier molecular flexibility index (Phi) is 5.12. The van der Waals surface area contributed by atoms with Gasteiger partial charge in [0.05, 0.1) is 38.5 Å². The molecule has 0 amide bonds. The number of benzene rings is 2. The number of rotatable bonds is 3. The fourth-order valence-corrected chi connectivity index (χ4v) is 2.99. The lowest BCUT2D eigenvalue weighted by atomic mass is 9.97. The van der Waals surface area contributed by atoms with Gasteiger partial charge in [0.15, 0.2) is 0 Å². The lowest BCUT2D eigenvalue weighted by molar-refractivity contribution is -0.111. The van der Waals surface area contributed by atoms with E-state index in [-0.39, 0.29) is 38.7 Å². The molecule has 0 atom stereocenters. The molecule has 0 saturated carbocycles. The molecule has 27 heavy (non-hydrogen) atoms. The van der Waals surface area contributed by atoms with Crippen molar-refractivity contribution in [3.63, 3.8) is 0 Å². The number of anilines is 1. The number of aromatic hydroxyl groups is 2. The number of hydrogen-bond donors (Lipinski definition) is 4. The highest BCUT2D eigenvalue weighted by molar-refractivity contribution is 6.34. The number of phenolic OH excluding ortho intramolecular Hbond substituents is 2. The summed E-state index contributed by atoms with van der Waals surface area (Å²) < 4.78 is 0. The van der Waals surface area contributed by atoms with Gasteiger partial charge in [-0.2, -0.15) is 0 Å². The average molecular weight is 404 g/mol. The SMILES string of the molecule is CC1=C(Nc2ccc(O)cc2Cl)C(=O)C=C(N)/C1=N\c1ccc(O)cc1Cl. The summed E-state index contributed by atoms with van der Waals surface area (Å²) in [6.07, 6.45) is 1.26. The Bertz CT molecular complexity index is 1040. The second-order valence-electron chi connectivity index (χ2n) is 5.85. The first-order chi connectivity index (χ1) is 12.8. The molecule has 6 nitrogen and oxygen atoms in total. The standard InChI is InChI=1S/C19H15Cl2N3O3/c1-9-18(23-15-4-2-10(25)6-12(15)20)14(22)8-17(27)19(9)24-16-5-3-11(26)7-13(16)21/h2-8,24-26H,22H2,1H3/b23-18-. The van der Waals surface area contributed by atoms with Gasteiger partial charge in [-0.3, -0.25) is 4.79 Å². The van der Waals surface area contributed by atoms with Gasteiger partial charge in [-0.05, 0) is 31.2 Å². The zero-order valence-electron chi connectivity index (χ0n) is 14.1. The number of nitrogens with two attached hydrogens (primary N) is 1. The van der Waals surface area contributed by atoms with Crippen LogP contribution in [0.2, 0.25) is 10.0 Å². The summed E-state index contributed by atoms with van der Waals surface area (Å²) in [6.45, 7) is 1.70. The molecule has 0 aliphatic heterocycles. The topological polar surface area (TPSA) is 108 Å². The van der Waals surface area contributed by atoms with Crippen LogP contribution < -0.4 is 11.1 Å². The van der Waals surface area contributed by atoms with Crippen molar-refractivity contribution >= 4 is 46.1 Å². The zero-order chi connectivity index (χ0) is 19.7. The smallest absolute Gasteiger partial charge is 0.204 e. The zero-order valence-corrected chi connectivity index (χ0v) is 15.6. The van der Waals surface area contributed by atoms with E-state index >= 15 is 0 Å². The number of phenols is 2. The Hall–Kier alpha value is -2.96. The molecule has 2 aromatic carbocycles. The molecule has 0 heterocycles. The molecule has 3 rings (SSSR count). The molecule has 0 unspecified atom stereocenters. The molecule has 0 spiro atoms. The fourth-order valence-electron chi connectivity index (χ4n) is 2.55. The molecule has 0 fully saturated rings. The van der Waals surface area contributed by atoms with Gasteiger partial charge < -0.3 is 21.3 Å². The van der Waals surface area contributed by atoms with Gasteiger partial charge in [0.25, 0.3) is 0 Å². The van der Waals surface area contributed by atoms with E-state index in [1.54, 1.807) is 19.1 Å². The van der Waals surface area contributed by atoms with Crippen molar-refractivity contribution in [3.8, 4) is 11.5 Å². The molecule has 5 N–H and O–H groups in total. The van der Waals surface area contributed by atoms with Crippen LogP contribution in [0, 0.1) is 0 Å². The quantitative estimate of drug-likeness (QED) is 0.451. The van der Waals surface area contributed by atoms with Crippen molar-refractivity contribution in [1.29, 1.82) is 0 Å². The van der Waals surface area contributed by atoms with Gasteiger partial charge in [0, 0.05) is 23.8 Å². The van der Waals surface area contributed by atoms with E-state index in [4.69, 9.17) is 28.9 Å². The normalized spacial score (nSPS) is 15.9. The monoisotopic (exact) mass is 403 g/mol. The molecule has 8 heteroatoms. The summed E-state index contributed by atoms with van der Waals surface area (Å²) in [5, 5.41) is 22.4. The lowest BCUT2D eigenvalue weighted by Crippen LogP contribution is -2.26. The lowest BCUT2D eigenvalue weighted by Gasteiger charge is -2.20. The summed E-state index contributed by atoms with van der Waals surface area (Å²) in [6, 6.07) is 8.73. The largest absolute Gasteiger partial charge is 0.508 e. The molecule has 0 radical (unpaired) electrons. The Morgan fingerprint density at radius 2 is 1.67 bits per heavy atom. The van der Waals surface area contributed by atoms with E-state index in [1.807, 2.05) is 0 Å². The fraction of sp³-hybridized carbons (Fsp3) is 0.0526. The molecule has 1 aliphatic rings. The van der Waals surface area contributed by atoms with Gasteiger partial charge in [0.2, 0.25) is 5.78 Å². The summed E-state index contributed by atoms with van der Waals surface area (Å²) in [5.74, 6) is -0.299. The molecule has 0 bridgehead atoms. The van der Waals surface area contributed by atoms with Crippen molar-refractivity contribution in [2.45, 2.75) is 6.92 Å². The predicted octanol–water partition coefficient (Wildman–Crippen LogP) is 4.29. The minimum atomic E-state index is -0.329. The van der Waals surface area contributed by atoms with E-state index in [9.17, 15) is 15.0 Å². The second-order valence-corrected chi connectivity index (χ2v) is 6.66. The third-order valence-electron chi connectivity index (χ3n) is 3.91. The van der Waals surface area contributed by atoms with Gasteiger partial charge in [-0.15, -0.1) is 0 Å². The number of nitrogens with zero attached hydrogens (tertiary/aromatic N) is 1. The molecular weight excluding hydrogens is 389 g/mol. The van der Waals surface area contributed by atoms with Crippen LogP contribution in [0.4, 0.5) is 11.4 Å². The molecule has 0 saturated heterocycles. The molecule has 0 aromatic heterocycles. The Morgan fingerprint density at radius 3 is 2.30 bits per heavy atom.